The maximum Gasteiger partial charge on any atom is 0.282 e. The zero-order chi connectivity index (χ0) is 21.7. The molecular formula is C23H24BrN3O3. The Kier molecular flexibility index (Phi) is 7.05. The minimum Gasteiger partial charge on any atom is -0.493 e. The van der Waals surface area contributed by atoms with Crippen molar-refractivity contribution in [2.24, 2.45) is 5.10 Å². The van der Waals surface area contributed by atoms with Crippen LogP contribution in [0.5, 0.6) is 11.5 Å². The van der Waals surface area contributed by atoms with Gasteiger partial charge in [0.25, 0.3) is 5.56 Å². The predicted molar refractivity (Wildman–Crippen MR) is 124 cm³/mol. The Morgan fingerprint density at radius 1 is 1.27 bits per heavy atom. The molecule has 0 amide bonds. The standard InChI is InChI=1S/C23H24BrN3O3/c1-5-11-30-20-10-7-16(12-21(20)29-4)14-25-27-22(15(3)6-2)26-19-9-8-17(24)13-18(19)23(27)28/h5,7-10,12-15H,1,6,11H2,2-4H3/t15-/m1/s1. The highest BCUT2D eigenvalue weighted by molar-refractivity contribution is 9.10. The van der Waals surface area contributed by atoms with E-state index in [1.54, 1.807) is 37.6 Å². The van der Waals surface area contributed by atoms with Crippen LogP contribution in [0, 0.1) is 0 Å². The first-order chi connectivity index (χ1) is 14.5. The molecule has 156 valence electrons. The van der Waals surface area contributed by atoms with E-state index in [0.29, 0.717) is 34.8 Å². The summed E-state index contributed by atoms with van der Waals surface area (Å²) in [5.74, 6) is 1.90. The Bertz CT molecular complexity index is 1150. The summed E-state index contributed by atoms with van der Waals surface area (Å²) in [6.45, 7) is 8.13. The Labute approximate surface area is 184 Å². The van der Waals surface area contributed by atoms with Crippen molar-refractivity contribution in [2.75, 3.05) is 13.7 Å². The lowest BCUT2D eigenvalue weighted by atomic mass is 10.1. The minimum absolute atomic E-state index is 0.0760. The molecule has 1 heterocycles. The Morgan fingerprint density at radius 2 is 2.07 bits per heavy atom. The number of methoxy groups -OCH3 is 1. The summed E-state index contributed by atoms with van der Waals surface area (Å²) in [6.07, 6.45) is 4.13. The minimum atomic E-state index is -0.203. The van der Waals surface area contributed by atoms with Gasteiger partial charge in [0, 0.05) is 10.4 Å². The summed E-state index contributed by atoms with van der Waals surface area (Å²) in [7, 11) is 1.58. The van der Waals surface area contributed by atoms with Gasteiger partial charge in [0.05, 0.1) is 24.2 Å². The van der Waals surface area contributed by atoms with Crippen molar-refractivity contribution >= 4 is 33.0 Å². The van der Waals surface area contributed by atoms with Crippen molar-refractivity contribution in [1.82, 2.24) is 9.66 Å². The fourth-order valence-electron chi connectivity index (χ4n) is 2.94. The zero-order valence-electron chi connectivity index (χ0n) is 17.3. The van der Waals surface area contributed by atoms with E-state index < -0.39 is 0 Å². The second kappa shape index (κ2) is 9.71. The van der Waals surface area contributed by atoms with Crippen molar-refractivity contribution in [3.8, 4) is 11.5 Å². The summed E-state index contributed by atoms with van der Waals surface area (Å²) in [4.78, 5) is 17.9. The first-order valence-electron chi connectivity index (χ1n) is 9.66. The molecule has 2 aromatic carbocycles. The van der Waals surface area contributed by atoms with E-state index in [-0.39, 0.29) is 11.5 Å². The van der Waals surface area contributed by atoms with Crippen LogP contribution in [0.3, 0.4) is 0 Å². The fraction of sp³-hybridized carbons (Fsp3) is 0.261. The number of ether oxygens (including phenoxy) is 2. The first kappa shape index (κ1) is 21.8. The molecule has 30 heavy (non-hydrogen) atoms. The summed E-state index contributed by atoms with van der Waals surface area (Å²) in [6, 6.07) is 11.0. The lowest BCUT2D eigenvalue weighted by Crippen LogP contribution is -2.23. The number of rotatable bonds is 8. The zero-order valence-corrected chi connectivity index (χ0v) is 18.8. The molecule has 7 heteroatoms. The second-order valence-corrected chi connectivity index (χ2v) is 7.73. The molecular weight excluding hydrogens is 446 g/mol. The first-order valence-corrected chi connectivity index (χ1v) is 10.5. The fourth-order valence-corrected chi connectivity index (χ4v) is 3.30. The van der Waals surface area contributed by atoms with Gasteiger partial charge in [0.2, 0.25) is 0 Å². The Hall–Kier alpha value is -2.93. The van der Waals surface area contributed by atoms with Crippen LogP contribution in [0.4, 0.5) is 0 Å². The molecule has 0 spiro atoms. The van der Waals surface area contributed by atoms with E-state index in [9.17, 15) is 4.79 Å². The quantitative estimate of drug-likeness (QED) is 0.338. The topological polar surface area (TPSA) is 65.7 Å². The molecule has 0 unspecified atom stereocenters. The maximum atomic E-state index is 13.2. The molecule has 0 bridgehead atoms. The van der Waals surface area contributed by atoms with E-state index >= 15 is 0 Å². The Balaban J connectivity index is 2.07. The van der Waals surface area contributed by atoms with Gasteiger partial charge in [-0.05, 0) is 48.4 Å². The largest absolute Gasteiger partial charge is 0.493 e. The van der Waals surface area contributed by atoms with Gasteiger partial charge in [0.15, 0.2) is 11.5 Å². The maximum absolute atomic E-state index is 13.2. The van der Waals surface area contributed by atoms with Gasteiger partial charge in [-0.2, -0.15) is 9.78 Å². The van der Waals surface area contributed by atoms with E-state index in [1.807, 2.05) is 25.1 Å². The SMILES string of the molecule is C=CCOc1ccc(C=Nn2c([C@H](C)CC)nc3ccc(Br)cc3c2=O)cc1OC. The van der Waals surface area contributed by atoms with Gasteiger partial charge in [-0.25, -0.2) is 4.98 Å². The van der Waals surface area contributed by atoms with Crippen molar-refractivity contribution < 1.29 is 9.47 Å². The summed E-state index contributed by atoms with van der Waals surface area (Å²) < 4.78 is 13.2. The van der Waals surface area contributed by atoms with Gasteiger partial charge in [0.1, 0.15) is 12.4 Å². The van der Waals surface area contributed by atoms with E-state index in [1.165, 1.54) is 4.68 Å². The lowest BCUT2D eigenvalue weighted by Gasteiger charge is -2.14. The molecule has 3 rings (SSSR count). The normalized spacial score (nSPS) is 12.3. The van der Waals surface area contributed by atoms with Crippen molar-refractivity contribution in [3.63, 3.8) is 0 Å². The average molecular weight is 470 g/mol. The van der Waals surface area contributed by atoms with E-state index in [0.717, 1.165) is 16.5 Å². The van der Waals surface area contributed by atoms with Gasteiger partial charge in [-0.1, -0.05) is 42.4 Å². The number of hydrogen-bond donors (Lipinski definition) is 0. The molecule has 0 saturated heterocycles. The van der Waals surface area contributed by atoms with E-state index in [4.69, 9.17) is 14.5 Å². The highest BCUT2D eigenvalue weighted by atomic mass is 79.9. The molecule has 3 aromatic rings. The van der Waals surface area contributed by atoms with Crippen LogP contribution < -0.4 is 15.0 Å². The predicted octanol–water partition coefficient (Wildman–Crippen LogP) is 5.13. The number of hydrogen-bond acceptors (Lipinski definition) is 5. The van der Waals surface area contributed by atoms with Crippen LogP contribution >= 0.6 is 15.9 Å². The Morgan fingerprint density at radius 3 is 2.77 bits per heavy atom. The van der Waals surface area contributed by atoms with Crippen LogP contribution in [0.2, 0.25) is 0 Å². The van der Waals surface area contributed by atoms with E-state index in [2.05, 4.69) is 34.5 Å². The molecule has 0 aliphatic carbocycles. The third-order valence-corrected chi connectivity index (χ3v) is 5.25. The molecule has 1 aromatic heterocycles. The van der Waals surface area contributed by atoms with Gasteiger partial charge in [-0.3, -0.25) is 4.79 Å². The van der Waals surface area contributed by atoms with Crippen molar-refractivity contribution in [2.45, 2.75) is 26.2 Å². The molecule has 0 N–H and O–H groups in total. The van der Waals surface area contributed by atoms with Gasteiger partial charge < -0.3 is 9.47 Å². The number of benzene rings is 2. The smallest absolute Gasteiger partial charge is 0.282 e. The third-order valence-electron chi connectivity index (χ3n) is 4.75. The summed E-state index contributed by atoms with van der Waals surface area (Å²) in [5.41, 5.74) is 1.23. The number of fused-ring (bicyclic) bond motifs is 1. The third kappa shape index (κ3) is 4.62. The van der Waals surface area contributed by atoms with Gasteiger partial charge in [-0.15, -0.1) is 0 Å². The van der Waals surface area contributed by atoms with Crippen LogP contribution in [-0.2, 0) is 0 Å². The number of aromatic nitrogens is 2. The van der Waals surface area contributed by atoms with Crippen molar-refractivity contribution in [1.29, 1.82) is 0 Å². The number of nitrogens with zero attached hydrogens (tertiary/aromatic N) is 3. The second-order valence-electron chi connectivity index (χ2n) is 6.81. The van der Waals surface area contributed by atoms with Crippen LogP contribution in [0.1, 0.15) is 37.6 Å². The average Bonchev–Trinajstić information content (AvgIpc) is 2.76. The van der Waals surface area contributed by atoms with Gasteiger partial charge >= 0.3 is 0 Å². The molecule has 0 aliphatic heterocycles. The van der Waals surface area contributed by atoms with Crippen LogP contribution in [-0.4, -0.2) is 29.6 Å². The summed E-state index contributed by atoms with van der Waals surface area (Å²) >= 11 is 3.42. The highest BCUT2D eigenvalue weighted by Gasteiger charge is 2.15. The molecule has 0 aliphatic rings. The van der Waals surface area contributed by atoms with Crippen LogP contribution in [0.25, 0.3) is 10.9 Å². The van der Waals surface area contributed by atoms with Crippen LogP contribution in [0.15, 0.2) is 63.4 Å². The molecule has 0 fully saturated rings. The number of halogens is 1. The van der Waals surface area contributed by atoms with Crippen molar-refractivity contribution in [3.05, 3.63) is 75.3 Å². The highest BCUT2D eigenvalue weighted by Crippen LogP contribution is 2.27. The summed E-state index contributed by atoms with van der Waals surface area (Å²) in [5, 5.41) is 4.99. The monoisotopic (exact) mass is 469 g/mol. The molecule has 0 radical (unpaired) electrons. The molecule has 0 saturated carbocycles. The lowest BCUT2D eigenvalue weighted by molar-refractivity contribution is 0.326. The molecule has 1 atom stereocenters. The molecule has 6 nitrogen and oxygen atoms in total.